The van der Waals surface area contributed by atoms with E-state index in [2.05, 4.69) is 15.3 Å². The van der Waals surface area contributed by atoms with E-state index < -0.39 is 36.5 Å². The largest absolute Gasteiger partial charge is 0.455 e. The van der Waals surface area contributed by atoms with Gasteiger partial charge < -0.3 is 19.4 Å². The molecule has 1 aromatic carbocycles. The molecule has 0 saturated carbocycles. The van der Waals surface area contributed by atoms with Crippen molar-refractivity contribution >= 4 is 29.2 Å². The van der Waals surface area contributed by atoms with Gasteiger partial charge >= 0.3 is 5.97 Å². The highest BCUT2D eigenvalue weighted by atomic mass is 19.3. The zero-order chi connectivity index (χ0) is 41.1. The Balaban J connectivity index is 1.00. The van der Waals surface area contributed by atoms with E-state index in [1.165, 1.54) is 17.0 Å². The summed E-state index contributed by atoms with van der Waals surface area (Å²) >= 11 is 0. The normalized spacial score (nSPS) is 20.3. The van der Waals surface area contributed by atoms with Gasteiger partial charge in [-0.3, -0.25) is 19.1 Å². The van der Waals surface area contributed by atoms with Gasteiger partial charge in [0.1, 0.15) is 5.60 Å². The highest BCUT2D eigenvalue weighted by Crippen LogP contribution is 2.44. The summed E-state index contributed by atoms with van der Waals surface area (Å²) in [4.78, 5) is 32.2. The molecule has 8 rings (SSSR count). The Labute approximate surface area is 334 Å². The first-order chi connectivity index (χ1) is 27.6. The van der Waals surface area contributed by atoms with Crippen LogP contribution in [0.5, 0.6) is 0 Å². The molecule has 4 aliphatic heterocycles. The smallest absolute Gasteiger partial charge is 0.359 e. The molecule has 1 unspecified atom stereocenters. The van der Waals surface area contributed by atoms with Crippen molar-refractivity contribution in [3.05, 3.63) is 64.7 Å². The molecular weight excluding hydrogens is 757 g/mol. The average Bonchev–Trinajstić information content (AvgIpc) is 3.79. The van der Waals surface area contributed by atoms with Crippen molar-refractivity contribution in [2.24, 2.45) is 7.05 Å². The van der Waals surface area contributed by atoms with Crippen molar-refractivity contribution in [1.82, 2.24) is 39.6 Å². The van der Waals surface area contributed by atoms with Crippen molar-refractivity contribution in [1.29, 1.82) is 0 Å². The van der Waals surface area contributed by atoms with Crippen LogP contribution in [0, 0.1) is 0 Å². The maximum absolute atomic E-state index is 15.9. The molecule has 1 amide bonds. The summed E-state index contributed by atoms with van der Waals surface area (Å²) in [5.41, 5.74) is 3.89. The van der Waals surface area contributed by atoms with Gasteiger partial charge in [0.2, 0.25) is 5.91 Å². The fourth-order valence-electron chi connectivity index (χ4n) is 9.02. The van der Waals surface area contributed by atoms with E-state index in [1.807, 2.05) is 20.5 Å². The summed E-state index contributed by atoms with van der Waals surface area (Å²) < 4.78 is 70.3. The molecule has 7 heterocycles. The van der Waals surface area contributed by atoms with Crippen molar-refractivity contribution in [3.63, 3.8) is 0 Å². The fraction of sp³-hybridized carbons (Fsp3) is 0.561. The van der Waals surface area contributed by atoms with Gasteiger partial charge in [-0.15, -0.1) is 10.2 Å². The SMILES string of the molecule is CC(=O)N1CCc2c(c(N3CCCc4cc(-c5cnn(C)c5)c(C(F)F)cc43)nn2C2CCN(C3CCN(c4ccc(C(=O)OC(C)(C)C)nn4)CC3(F)F)CC2)C1. The number of alkyl halides is 4. The molecule has 0 radical (unpaired) electrons. The first kappa shape index (κ1) is 39.8. The Kier molecular flexibility index (Phi) is 10.5. The number of anilines is 3. The molecule has 1 atom stereocenters. The molecule has 2 saturated heterocycles. The predicted octanol–water partition coefficient (Wildman–Crippen LogP) is 6.51. The van der Waals surface area contributed by atoms with Crippen LogP contribution in [0.2, 0.25) is 0 Å². The van der Waals surface area contributed by atoms with Gasteiger partial charge in [-0.25, -0.2) is 22.4 Å². The first-order valence-electron chi connectivity index (χ1n) is 20.1. The molecule has 0 bridgehead atoms. The number of aryl methyl sites for hydroxylation is 2. The number of hydrogen-bond donors (Lipinski definition) is 0. The lowest BCUT2D eigenvalue weighted by Gasteiger charge is -2.46. The lowest BCUT2D eigenvalue weighted by atomic mass is 9.92. The lowest BCUT2D eigenvalue weighted by molar-refractivity contribution is -0.129. The Hall–Kier alpha value is -5.06. The Morgan fingerprint density at radius 1 is 0.983 bits per heavy atom. The fourth-order valence-corrected chi connectivity index (χ4v) is 9.02. The van der Waals surface area contributed by atoms with Crippen LogP contribution < -0.4 is 9.80 Å². The molecule has 310 valence electrons. The van der Waals surface area contributed by atoms with Crippen molar-refractivity contribution in [2.45, 2.75) is 103 Å². The number of aromatic nitrogens is 6. The van der Waals surface area contributed by atoms with Crippen LogP contribution in [0.1, 0.15) is 98.7 Å². The van der Waals surface area contributed by atoms with Gasteiger partial charge in [-0.1, -0.05) is 0 Å². The van der Waals surface area contributed by atoms with E-state index >= 15 is 8.78 Å². The summed E-state index contributed by atoms with van der Waals surface area (Å²) in [6.07, 6.45) is 4.18. The standard InChI is InChI=1S/C41H50F4N10O3/c1-25(56)52-17-12-33-31(23-52)38(54-14-6-7-26-19-29(27-21-46-50(5)22-27)30(37(42)43)20-34(26)54)49-55(33)28-10-15-51(16-11-28)35-13-18-53(24-41(35,44)45)36-9-8-32(47-48-36)39(57)58-40(2,3)4/h8-9,19-22,28,35,37H,6-7,10-18,23-24H2,1-5H3. The molecule has 0 N–H and O–H groups in total. The molecule has 0 spiro atoms. The minimum absolute atomic E-state index is 0.0157. The Bertz CT molecular complexity index is 2170. The van der Waals surface area contributed by atoms with Gasteiger partial charge in [0.25, 0.3) is 12.3 Å². The number of amides is 1. The second kappa shape index (κ2) is 15.3. The summed E-state index contributed by atoms with van der Waals surface area (Å²) in [6, 6.07) is 5.43. The number of benzene rings is 1. The van der Waals surface area contributed by atoms with E-state index in [1.54, 1.807) is 62.8 Å². The van der Waals surface area contributed by atoms with E-state index in [0.29, 0.717) is 81.2 Å². The van der Waals surface area contributed by atoms with E-state index in [0.717, 1.165) is 29.7 Å². The first-order valence-corrected chi connectivity index (χ1v) is 20.1. The molecular formula is C41H50F4N10O3. The van der Waals surface area contributed by atoms with Crippen LogP contribution in [0.25, 0.3) is 11.1 Å². The predicted molar refractivity (Wildman–Crippen MR) is 209 cm³/mol. The minimum atomic E-state index is -3.03. The van der Waals surface area contributed by atoms with Crippen LogP contribution in [-0.4, -0.2) is 108 Å². The monoisotopic (exact) mass is 806 g/mol. The second-order valence-corrected chi connectivity index (χ2v) is 16.9. The molecule has 13 nitrogen and oxygen atoms in total. The zero-order valence-corrected chi connectivity index (χ0v) is 33.6. The average molecular weight is 807 g/mol. The van der Waals surface area contributed by atoms with Gasteiger partial charge in [-0.05, 0) is 88.3 Å². The molecule has 0 aliphatic carbocycles. The number of piperidine rings is 2. The van der Waals surface area contributed by atoms with Gasteiger partial charge in [-0.2, -0.15) is 10.2 Å². The molecule has 17 heteroatoms. The van der Waals surface area contributed by atoms with E-state index in [9.17, 15) is 18.4 Å². The molecule has 4 aromatic rings. The van der Waals surface area contributed by atoms with Crippen LogP contribution in [0.15, 0.2) is 36.7 Å². The summed E-state index contributed by atoms with van der Waals surface area (Å²) in [5.74, 6) is -2.75. The Morgan fingerprint density at radius 3 is 2.40 bits per heavy atom. The number of carbonyl (C=O) groups is 2. The van der Waals surface area contributed by atoms with Crippen LogP contribution in [0.4, 0.5) is 34.9 Å². The number of esters is 1. The molecule has 4 aliphatic rings. The zero-order valence-electron chi connectivity index (χ0n) is 33.6. The number of carbonyl (C=O) groups excluding carboxylic acids is 2. The highest BCUT2D eigenvalue weighted by Gasteiger charge is 2.49. The van der Waals surface area contributed by atoms with Crippen LogP contribution in [-0.2, 0) is 36.0 Å². The van der Waals surface area contributed by atoms with Gasteiger partial charge in [0.05, 0.1) is 31.4 Å². The number of nitrogens with zero attached hydrogens (tertiary/aromatic N) is 10. The summed E-state index contributed by atoms with van der Waals surface area (Å²) in [5, 5.41) is 17.5. The third kappa shape index (κ3) is 7.76. The molecule has 3 aromatic heterocycles. The summed E-state index contributed by atoms with van der Waals surface area (Å²) in [7, 11) is 1.76. The molecule has 2 fully saturated rings. The number of fused-ring (bicyclic) bond motifs is 2. The van der Waals surface area contributed by atoms with Gasteiger partial charge in [0.15, 0.2) is 17.3 Å². The maximum Gasteiger partial charge on any atom is 0.359 e. The van der Waals surface area contributed by atoms with Crippen LogP contribution in [0.3, 0.4) is 0 Å². The third-order valence-corrected chi connectivity index (χ3v) is 11.8. The minimum Gasteiger partial charge on any atom is -0.455 e. The number of likely N-dealkylation sites (tertiary alicyclic amines) is 1. The number of rotatable bonds is 7. The van der Waals surface area contributed by atoms with Gasteiger partial charge in [0, 0.05) is 87.4 Å². The molecule has 58 heavy (non-hydrogen) atoms. The topological polar surface area (TPSA) is 118 Å². The van der Waals surface area contributed by atoms with Crippen LogP contribution >= 0.6 is 0 Å². The maximum atomic E-state index is 15.9. The highest BCUT2D eigenvalue weighted by molar-refractivity contribution is 5.87. The number of halogens is 4. The second-order valence-electron chi connectivity index (χ2n) is 16.9. The number of hydrogen-bond acceptors (Lipinski definition) is 10. The van der Waals surface area contributed by atoms with E-state index in [4.69, 9.17) is 9.84 Å². The van der Waals surface area contributed by atoms with Crippen molar-refractivity contribution in [2.75, 3.05) is 49.1 Å². The lowest BCUT2D eigenvalue weighted by Crippen LogP contribution is -2.60. The van der Waals surface area contributed by atoms with Crippen molar-refractivity contribution < 1.29 is 31.9 Å². The van der Waals surface area contributed by atoms with Crippen molar-refractivity contribution in [3.8, 4) is 11.1 Å². The Morgan fingerprint density at radius 2 is 1.76 bits per heavy atom. The quantitative estimate of drug-likeness (QED) is 0.151. The third-order valence-electron chi connectivity index (χ3n) is 11.8. The van der Waals surface area contributed by atoms with E-state index in [-0.39, 0.29) is 35.4 Å². The number of ether oxygens (including phenoxy) is 1. The summed E-state index contributed by atoms with van der Waals surface area (Å²) in [6.45, 7) is 9.02.